The van der Waals surface area contributed by atoms with E-state index < -0.39 is 48.6 Å². The van der Waals surface area contributed by atoms with Gasteiger partial charge in [-0.05, 0) is 49.8 Å². The molecule has 42 heavy (non-hydrogen) atoms. The zero-order valence-electron chi connectivity index (χ0n) is 24.1. The van der Waals surface area contributed by atoms with Gasteiger partial charge in [0.1, 0.15) is 23.9 Å². The van der Waals surface area contributed by atoms with Crippen LogP contribution >= 0.6 is 0 Å². The van der Waals surface area contributed by atoms with E-state index in [0.717, 1.165) is 36.8 Å². The number of carbonyl (C=O) groups is 4. The van der Waals surface area contributed by atoms with E-state index in [4.69, 9.17) is 14.2 Å². The zero-order valence-corrected chi connectivity index (χ0v) is 24.1. The van der Waals surface area contributed by atoms with Crippen LogP contribution in [0.3, 0.4) is 0 Å². The van der Waals surface area contributed by atoms with Gasteiger partial charge in [-0.15, -0.1) is 0 Å². The second kappa shape index (κ2) is 15.8. The lowest BCUT2D eigenvalue weighted by molar-refractivity contribution is -0.134. The van der Waals surface area contributed by atoms with E-state index in [9.17, 15) is 24.3 Å². The fraction of sp³-hybridized carbons (Fsp3) is 0.600. The smallest absolute Gasteiger partial charge is 0.245 e. The van der Waals surface area contributed by atoms with Gasteiger partial charge in [-0.2, -0.15) is 0 Å². The van der Waals surface area contributed by atoms with Gasteiger partial charge in [0.25, 0.3) is 0 Å². The zero-order chi connectivity index (χ0) is 29.9. The maximum Gasteiger partial charge on any atom is 0.245 e. The Morgan fingerprint density at radius 1 is 0.976 bits per heavy atom. The van der Waals surface area contributed by atoms with Gasteiger partial charge >= 0.3 is 0 Å². The van der Waals surface area contributed by atoms with Crippen LogP contribution in [0.4, 0.5) is 0 Å². The number of morpholine rings is 1. The summed E-state index contributed by atoms with van der Waals surface area (Å²) in [7, 11) is 1.55. The molecule has 4 atom stereocenters. The summed E-state index contributed by atoms with van der Waals surface area (Å²) in [4.78, 5) is 54.5. The third-order valence-corrected chi connectivity index (χ3v) is 7.70. The molecule has 1 aromatic rings. The number of allylic oxidation sites excluding steroid dienone is 1. The Bertz CT molecular complexity index is 1110. The van der Waals surface area contributed by atoms with Gasteiger partial charge in [0.15, 0.2) is 5.78 Å². The average molecular weight is 587 g/mol. The molecule has 0 saturated carbocycles. The topological polar surface area (TPSA) is 159 Å². The summed E-state index contributed by atoms with van der Waals surface area (Å²) in [5.41, 5.74) is 1.87. The first kappa shape index (κ1) is 31.6. The highest BCUT2D eigenvalue weighted by molar-refractivity contribution is 5.96. The molecule has 0 unspecified atom stereocenters. The second-order valence-corrected chi connectivity index (χ2v) is 10.9. The molecule has 0 aromatic heterocycles. The van der Waals surface area contributed by atoms with E-state index in [0.29, 0.717) is 45.1 Å². The Morgan fingerprint density at radius 3 is 2.29 bits per heavy atom. The number of hydrogen-bond donors (Lipinski definition) is 4. The maximum atomic E-state index is 13.7. The van der Waals surface area contributed by atoms with Crippen molar-refractivity contribution in [3.05, 3.63) is 41.5 Å². The lowest BCUT2D eigenvalue weighted by Gasteiger charge is -2.27. The summed E-state index contributed by atoms with van der Waals surface area (Å²) >= 11 is 0. The van der Waals surface area contributed by atoms with Crippen LogP contribution in [-0.2, 0) is 35.1 Å². The number of amides is 3. The van der Waals surface area contributed by atoms with Crippen LogP contribution in [0.5, 0.6) is 5.75 Å². The lowest BCUT2D eigenvalue weighted by Crippen LogP contribution is -2.58. The monoisotopic (exact) mass is 586 g/mol. The number of aliphatic hydroxyl groups is 1. The van der Waals surface area contributed by atoms with E-state index in [1.807, 2.05) is 4.90 Å². The molecule has 230 valence electrons. The molecule has 0 bridgehead atoms. The number of hydrogen-bond acceptors (Lipinski definition) is 9. The number of rotatable bonds is 15. The minimum atomic E-state index is -1.26. The maximum absolute atomic E-state index is 13.7. The second-order valence-electron chi connectivity index (χ2n) is 10.9. The Labute approximate surface area is 246 Å². The molecule has 2 fully saturated rings. The molecule has 4 rings (SSSR count). The number of nitrogens with zero attached hydrogens (tertiary/aromatic N) is 1. The first-order chi connectivity index (χ1) is 20.4. The number of carbonyl (C=O) groups excluding carboxylic acids is 4. The molecule has 1 aromatic carbocycles. The van der Waals surface area contributed by atoms with Gasteiger partial charge < -0.3 is 35.3 Å². The number of nitrogens with one attached hydrogen (secondary N) is 3. The van der Waals surface area contributed by atoms with Crippen molar-refractivity contribution < 1.29 is 38.5 Å². The molecule has 2 heterocycles. The SMILES string of the molecule is COc1ccc(C[C@H](NC(=O)[C@H](CO)NC(=O)CN2CCOCC2)C(=O)N[C@@H](CC2=CCCCC2)C(=O)[C@H]2CO2)cc1. The van der Waals surface area contributed by atoms with Gasteiger partial charge in [0.05, 0.1) is 46.1 Å². The number of ether oxygens (including phenoxy) is 3. The molecule has 2 aliphatic heterocycles. The first-order valence-electron chi connectivity index (χ1n) is 14.6. The third kappa shape index (κ3) is 9.62. The minimum absolute atomic E-state index is 0.0613. The molecule has 4 N–H and O–H groups in total. The number of ketones is 1. The van der Waals surface area contributed by atoms with Crippen LogP contribution in [0.25, 0.3) is 0 Å². The first-order valence-corrected chi connectivity index (χ1v) is 14.6. The minimum Gasteiger partial charge on any atom is -0.497 e. The highest BCUT2D eigenvalue weighted by atomic mass is 16.6. The van der Waals surface area contributed by atoms with Gasteiger partial charge in [-0.1, -0.05) is 23.8 Å². The van der Waals surface area contributed by atoms with E-state index in [2.05, 4.69) is 22.0 Å². The number of epoxide rings is 1. The number of Topliss-reactive ketones (excluding diaryl/α,β-unsaturated/α-hetero) is 1. The predicted octanol–water partition coefficient (Wildman–Crippen LogP) is -0.125. The summed E-state index contributed by atoms with van der Waals surface area (Å²) in [5, 5.41) is 18.1. The van der Waals surface area contributed by atoms with Crippen molar-refractivity contribution in [2.75, 3.05) is 53.2 Å². The summed E-state index contributed by atoms with van der Waals surface area (Å²) in [6.07, 6.45) is 6.07. The van der Waals surface area contributed by atoms with Crippen molar-refractivity contribution in [1.29, 1.82) is 0 Å². The largest absolute Gasteiger partial charge is 0.497 e. The van der Waals surface area contributed by atoms with Gasteiger partial charge in [-0.25, -0.2) is 0 Å². The van der Waals surface area contributed by atoms with Crippen molar-refractivity contribution >= 4 is 23.5 Å². The van der Waals surface area contributed by atoms with Gasteiger partial charge in [-0.3, -0.25) is 24.1 Å². The third-order valence-electron chi connectivity index (χ3n) is 7.70. The number of aliphatic hydroxyl groups excluding tert-OH is 1. The van der Waals surface area contributed by atoms with E-state index in [1.165, 1.54) is 0 Å². The van der Waals surface area contributed by atoms with Crippen LogP contribution in [0, 0.1) is 0 Å². The molecule has 3 amide bonds. The van der Waals surface area contributed by atoms with E-state index in [-0.39, 0.29) is 18.7 Å². The molecule has 12 heteroatoms. The number of methoxy groups -OCH3 is 1. The number of benzene rings is 1. The standard InChI is InChI=1S/C30H42N4O8/c1-40-22-9-7-21(8-10-22)16-24(33-30(39)25(18-35)31-27(36)17-34-11-13-41-14-12-34)29(38)32-23(28(37)26-19-42-26)15-20-5-3-2-4-6-20/h5,7-10,23-26,35H,2-4,6,11-19H2,1H3,(H,31,36)(H,32,38)(H,33,39)/t23-,24-,25-,26+/m0/s1. The highest BCUT2D eigenvalue weighted by Crippen LogP contribution is 2.24. The van der Waals surface area contributed by atoms with Crippen LogP contribution < -0.4 is 20.7 Å². The Balaban J connectivity index is 1.45. The summed E-state index contributed by atoms with van der Waals surface area (Å²) in [6.45, 7) is 1.97. The average Bonchev–Trinajstić information content (AvgIpc) is 3.86. The normalized spacial score (nSPS) is 20.8. The van der Waals surface area contributed by atoms with Crippen LogP contribution in [0.2, 0.25) is 0 Å². The summed E-state index contributed by atoms with van der Waals surface area (Å²) < 4.78 is 15.7. The van der Waals surface area contributed by atoms with E-state index in [1.54, 1.807) is 31.4 Å². The molecule has 2 saturated heterocycles. The molecule has 3 aliphatic rings. The van der Waals surface area contributed by atoms with Crippen LogP contribution in [0.1, 0.15) is 37.7 Å². The highest BCUT2D eigenvalue weighted by Gasteiger charge is 2.38. The Morgan fingerprint density at radius 2 is 1.67 bits per heavy atom. The molecular weight excluding hydrogens is 544 g/mol. The van der Waals surface area contributed by atoms with Crippen LogP contribution in [0.15, 0.2) is 35.9 Å². The Kier molecular flexibility index (Phi) is 11.9. The summed E-state index contributed by atoms with van der Waals surface area (Å²) in [5.74, 6) is -1.20. The fourth-order valence-corrected chi connectivity index (χ4v) is 5.16. The van der Waals surface area contributed by atoms with E-state index >= 15 is 0 Å². The lowest BCUT2D eigenvalue weighted by atomic mass is 9.92. The molecule has 1 aliphatic carbocycles. The van der Waals surface area contributed by atoms with Crippen molar-refractivity contribution in [1.82, 2.24) is 20.9 Å². The van der Waals surface area contributed by atoms with Crippen molar-refractivity contribution in [3.8, 4) is 5.75 Å². The van der Waals surface area contributed by atoms with Crippen molar-refractivity contribution in [2.45, 2.75) is 62.8 Å². The Hall–Kier alpha value is -3.32. The van der Waals surface area contributed by atoms with Gasteiger partial charge in [0.2, 0.25) is 17.7 Å². The quantitative estimate of drug-likeness (QED) is 0.162. The summed E-state index contributed by atoms with van der Waals surface area (Å²) in [6, 6.07) is 3.95. The molecule has 12 nitrogen and oxygen atoms in total. The van der Waals surface area contributed by atoms with Gasteiger partial charge in [0, 0.05) is 19.5 Å². The predicted molar refractivity (Wildman–Crippen MR) is 153 cm³/mol. The fourth-order valence-electron chi connectivity index (χ4n) is 5.16. The molecule has 0 spiro atoms. The van der Waals surface area contributed by atoms with Crippen molar-refractivity contribution in [3.63, 3.8) is 0 Å². The van der Waals surface area contributed by atoms with Crippen LogP contribution in [-0.4, -0.2) is 111 Å². The molecular formula is C30H42N4O8. The van der Waals surface area contributed by atoms with Crippen molar-refractivity contribution in [2.24, 2.45) is 0 Å². The molecule has 0 radical (unpaired) electrons.